The molecule has 0 bridgehead atoms. The van der Waals surface area contributed by atoms with Gasteiger partial charge < -0.3 is 20.7 Å². The summed E-state index contributed by atoms with van der Waals surface area (Å²) in [5.41, 5.74) is 1.55. The molecule has 0 amide bonds. The van der Waals surface area contributed by atoms with E-state index in [1.54, 1.807) is 30.9 Å². The van der Waals surface area contributed by atoms with Crippen LogP contribution in [0.1, 0.15) is 20.8 Å². The maximum Gasteiger partial charge on any atom is 0.231 e. The van der Waals surface area contributed by atoms with Gasteiger partial charge in [-0.05, 0) is 32.9 Å². The molecular formula is C19H22ClN7O. The number of hydrogen-bond donors (Lipinski definition) is 4. The third-order valence-electron chi connectivity index (χ3n) is 4.30. The van der Waals surface area contributed by atoms with Gasteiger partial charge in [-0.1, -0.05) is 17.7 Å². The van der Waals surface area contributed by atoms with Crippen LogP contribution in [0, 0.1) is 0 Å². The van der Waals surface area contributed by atoms with Crippen molar-refractivity contribution in [3.63, 3.8) is 0 Å². The molecular weight excluding hydrogens is 378 g/mol. The number of hydrogen-bond acceptors (Lipinski definition) is 6. The Balaban J connectivity index is 1.74. The van der Waals surface area contributed by atoms with Gasteiger partial charge in [-0.25, -0.2) is 0 Å². The van der Waals surface area contributed by atoms with Crippen molar-refractivity contribution >= 4 is 51.0 Å². The second-order valence-electron chi connectivity index (χ2n) is 7.26. The average molecular weight is 400 g/mol. The maximum absolute atomic E-state index is 10.1. The number of halogens is 1. The summed E-state index contributed by atoms with van der Waals surface area (Å²) in [6.45, 7) is 6.63. The molecule has 0 unspecified atom stereocenters. The molecule has 8 nitrogen and oxygen atoms in total. The minimum Gasteiger partial charge on any atom is -0.389 e. The van der Waals surface area contributed by atoms with E-state index in [0.29, 0.717) is 35.5 Å². The number of benzene rings is 1. The van der Waals surface area contributed by atoms with Crippen molar-refractivity contribution in [2.75, 3.05) is 17.2 Å². The standard InChI is InChI=1S/C19H22ClN7O/c1-4-21-16-15-12(20)9-22-17(15)26-18(25-16)24-13-6-5-7-14-11(13)8-23-27(14)10-19(2,3)28/h5-9,28H,4,10H2,1-3H3,(H3,21,22,24,25,26). The summed E-state index contributed by atoms with van der Waals surface area (Å²) in [6.07, 6.45) is 3.48. The molecule has 0 spiro atoms. The lowest BCUT2D eigenvalue weighted by molar-refractivity contribution is 0.0591. The van der Waals surface area contributed by atoms with E-state index in [1.807, 2.05) is 25.1 Å². The fourth-order valence-corrected chi connectivity index (χ4v) is 3.41. The van der Waals surface area contributed by atoms with Crippen LogP contribution in [0.2, 0.25) is 5.02 Å². The molecule has 0 aliphatic carbocycles. The first kappa shape index (κ1) is 18.5. The molecule has 4 rings (SSSR count). The monoisotopic (exact) mass is 399 g/mol. The summed E-state index contributed by atoms with van der Waals surface area (Å²) in [5, 5.41) is 23.3. The Morgan fingerprint density at radius 1 is 1.29 bits per heavy atom. The lowest BCUT2D eigenvalue weighted by Crippen LogP contribution is -2.26. The second-order valence-corrected chi connectivity index (χ2v) is 7.67. The average Bonchev–Trinajstić information content (AvgIpc) is 3.19. The number of fused-ring (bicyclic) bond motifs is 2. The summed E-state index contributed by atoms with van der Waals surface area (Å²) in [5.74, 6) is 1.12. The van der Waals surface area contributed by atoms with Crippen LogP contribution in [0.25, 0.3) is 21.9 Å². The highest BCUT2D eigenvalue weighted by molar-refractivity contribution is 6.36. The second kappa shape index (κ2) is 6.96. The topological polar surface area (TPSA) is 104 Å². The van der Waals surface area contributed by atoms with Crippen LogP contribution in [0.15, 0.2) is 30.6 Å². The number of nitrogens with one attached hydrogen (secondary N) is 3. The predicted molar refractivity (Wildman–Crippen MR) is 112 cm³/mol. The Hall–Kier alpha value is -2.84. The molecule has 1 aromatic carbocycles. The van der Waals surface area contributed by atoms with Gasteiger partial charge in [0.1, 0.15) is 11.5 Å². The minimum absolute atomic E-state index is 0.397. The van der Waals surface area contributed by atoms with Crippen LogP contribution in [0.4, 0.5) is 17.5 Å². The van der Waals surface area contributed by atoms with Crippen LogP contribution in [-0.2, 0) is 6.54 Å². The summed E-state index contributed by atoms with van der Waals surface area (Å²) < 4.78 is 1.79. The van der Waals surface area contributed by atoms with E-state index in [2.05, 4.69) is 30.7 Å². The number of rotatable bonds is 6. The number of aromatic amines is 1. The van der Waals surface area contributed by atoms with Crippen molar-refractivity contribution in [2.45, 2.75) is 32.9 Å². The minimum atomic E-state index is -0.857. The molecule has 4 aromatic rings. The lowest BCUT2D eigenvalue weighted by atomic mass is 10.1. The van der Waals surface area contributed by atoms with Crippen molar-refractivity contribution in [2.24, 2.45) is 0 Å². The van der Waals surface area contributed by atoms with Gasteiger partial charge >= 0.3 is 0 Å². The van der Waals surface area contributed by atoms with Gasteiger partial charge in [0, 0.05) is 18.1 Å². The summed E-state index contributed by atoms with van der Waals surface area (Å²) in [6, 6.07) is 5.85. The van der Waals surface area contributed by atoms with E-state index in [4.69, 9.17) is 11.6 Å². The molecule has 3 aromatic heterocycles. The van der Waals surface area contributed by atoms with Crippen LogP contribution in [0.3, 0.4) is 0 Å². The molecule has 0 aliphatic heterocycles. The van der Waals surface area contributed by atoms with E-state index in [-0.39, 0.29) is 0 Å². The molecule has 9 heteroatoms. The molecule has 0 saturated heterocycles. The SMILES string of the molecule is CCNc1nc(Nc2cccc3c2cnn3CC(C)(C)O)nc2[nH]cc(Cl)c12. The molecule has 0 saturated carbocycles. The number of H-pyrrole nitrogens is 1. The summed E-state index contributed by atoms with van der Waals surface area (Å²) in [4.78, 5) is 12.2. The van der Waals surface area contributed by atoms with Gasteiger partial charge in [-0.3, -0.25) is 4.68 Å². The smallest absolute Gasteiger partial charge is 0.231 e. The quantitative estimate of drug-likeness (QED) is 0.392. The highest BCUT2D eigenvalue weighted by Gasteiger charge is 2.17. The third-order valence-corrected chi connectivity index (χ3v) is 4.60. The van der Waals surface area contributed by atoms with E-state index >= 15 is 0 Å². The summed E-state index contributed by atoms with van der Waals surface area (Å²) >= 11 is 6.26. The van der Waals surface area contributed by atoms with Gasteiger partial charge in [0.15, 0.2) is 0 Å². The van der Waals surface area contributed by atoms with Crippen molar-refractivity contribution in [1.82, 2.24) is 24.7 Å². The van der Waals surface area contributed by atoms with E-state index < -0.39 is 5.60 Å². The zero-order valence-corrected chi connectivity index (χ0v) is 16.7. The highest BCUT2D eigenvalue weighted by atomic mass is 35.5. The maximum atomic E-state index is 10.1. The van der Waals surface area contributed by atoms with Crippen LogP contribution in [0.5, 0.6) is 0 Å². The molecule has 0 radical (unpaired) electrons. The Bertz CT molecular complexity index is 1140. The Labute approximate surface area is 166 Å². The molecule has 28 heavy (non-hydrogen) atoms. The fourth-order valence-electron chi connectivity index (χ4n) is 3.17. The van der Waals surface area contributed by atoms with E-state index in [9.17, 15) is 5.11 Å². The van der Waals surface area contributed by atoms with Crippen LogP contribution in [-0.4, -0.2) is 42.0 Å². The molecule has 0 atom stereocenters. The van der Waals surface area contributed by atoms with Crippen molar-refractivity contribution < 1.29 is 5.11 Å². The van der Waals surface area contributed by atoms with Gasteiger partial charge in [0.2, 0.25) is 5.95 Å². The van der Waals surface area contributed by atoms with E-state index in [1.165, 1.54) is 0 Å². The van der Waals surface area contributed by atoms with Crippen LogP contribution >= 0.6 is 11.6 Å². The molecule has 4 N–H and O–H groups in total. The number of aliphatic hydroxyl groups is 1. The Morgan fingerprint density at radius 3 is 2.86 bits per heavy atom. The number of nitrogens with zero attached hydrogens (tertiary/aromatic N) is 4. The first-order chi connectivity index (χ1) is 13.4. The summed E-state index contributed by atoms with van der Waals surface area (Å²) in [7, 11) is 0. The van der Waals surface area contributed by atoms with Crippen LogP contribution < -0.4 is 10.6 Å². The van der Waals surface area contributed by atoms with Crippen molar-refractivity contribution in [3.05, 3.63) is 35.6 Å². The number of anilines is 3. The van der Waals surface area contributed by atoms with Gasteiger partial charge in [0.25, 0.3) is 0 Å². The molecule has 0 fully saturated rings. The predicted octanol–water partition coefficient (Wildman–Crippen LogP) is 3.91. The largest absolute Gasteiger partial charge is 0.389 e. The highest BCUT2D eigenvalue weighted by Crippen LogP contribution is 2.31. The molecule has 0 aliphatic rings. The lowest BCUT2D eigenvalue weighted by Gasteiger charge is -2.17. The van der Waals surface area contributed by atoms with Gasteiger partial charge in [0.05, 0.1) is 40.0 Å². The third kappa shape index (κ3) is 3.48. The first-order valence-corrected chi connectivity index (χ1v) is 9.46. The Kier molecular flexibility index (Phi) is 4.60. The molecule has 146 valence electrons. The fraction of sp³-hybridized carbons (Fsp3) is 0.316. The van der Waals surface area contributed by atoms with E-state index in [0.717, 1.165) is 22.0 Å². The van der Waals surface area contributed by atoms with Gasteiger partial charge in [-0.2, -0.15) is 15.1 Å². The zero-order chi connectivity index (χ0) is 19.9. The zero-order valence-electron chi connectivity index (χ0n) is 15.9. The van der Waals surface area contributed by atoms with Gasteiger partial charge in [-0.15, -0.1) is 0 Å². The Morgan fingerprint density at radius 2 is 2.11 bits per heavy atom. The first-order valence-electron chi connectivity index (χ1n) is 9.08. The molecule has 3 heterocycles. The normalized spacial score (nSPS) is 12.0. The van der Waals surface area contributed by atoms with Crippen molar-refractivity contribution in [3.8, 4) is 0 Å². The van der Waals surface area contributed by atoms with Crippen molar-refractivity contribution in [1.29, 1.82) is 0 Å². The number of aromatic nitrogens is 5.